The summed E-state index contributed by atoms with van der Waals surface area (Å²) in [5.41, 5.74) is 0.791. The fraction of sp³-hybridized carbons (Fsp3) is 0.524. The van der Waals surface area contributed by atoms with Gasteiger partial charge in [0.2, 0.25) is 5.88 Å². The van der Waals surface area contributed by atoms with Crippen LogP contribution in [0, 0.1) is 5.41 Å². The van der Waals surface area contributed by atoms with Crippen molar-refractivity contribution >= 4 is 0 Å². The molecule has 0 aliphatic carbocycles. The maximum absolute atomic E-state index is 10.7. The number of ether oxygens (including phenoxy) is 3. The minimum Gasteiger partial charge on any atom is -0.474 e. The first-order valence-corrected chi connectivity index (χ1v) is 9.54. The van der Waals surface area contributed by atoms with Crippen molar-refractivity contribution in [3.8, 4) is 5.88 Å². The van der Waals surface area contributed by atoms with Crippen molar-refractivity contribution in [1.29, 1.82) is 0 Å². The first kappa shape index (κ1) is 19.3. The fourth-order valence-electron chi connectivity index (χ4n) is 3.63. The summed E-state index contributed by atoms with van der Waals surface area (Å²) in [6.07, 6.45) is 2.22. The van der Waals surface area contributed by atoms with E-state index < -0.39 is 6.10 Å². The molecule has 2 fully saturated rings. The number of aromatic nitrogens is 2. The summed E-state index contributed by atoms with van der Waals surface area (Å²) in [5.74, 6) is 0.356. The quantitative estimate of drug-likeness (QED) is 0.848. The summed E-state index contributed by atoms with van der Waals surface area (Å²) in [6, 6.07) is 10.1. The third kappa shape index (κ3) is 3.51. The van der Waals surface area contributed by atoms with Gasteiger partial charge in [-0.2, -0.15) is 0 Å². The lowest BCUT2D eigenvalue weighted by molar-refractivity contribution is -0.00689. The van der Waals surface area contributed by atoms with Crippen molar-refractivity contribution in [3.63, 3.8) is 0 Å². The molecule has 1 aromatic carbocycles. The van der Waals surface area contributed by atoms with Gasteiger partial charge in [0.1, 0.15) is 36.9 Å². The molecule has 28 heavy (non-hydrogen) atoms. The van der Waals surface area contributed by atoms with Gasteiger partial charge < -0.3 is 19.3 Å². The van der Waals surface area contributed by atoms with Crippen LogP contribution < -0.4 is 4.74 Å². The summed E-state index contributed by atoms with van der Waals surface area (Å²) in [4.78, 5) is 10.8. The molecule has 7 nitrogen and oxygen atoms in total. The molecule has 2 saturated heterocycles. The summed E-state index contributed by atoms with van der Waals surface area (Å²) >= 11 is 0. The van der Waals surface area contributed by atoms with Crippen LogP contribution in [0.3, 0.4) is 0 Å². The van der Waals surface area contributed by atoms with E-state index >= 15 is 0 Å². The highest BCUT2D eigenvalue weighted by Gasteiger charge is 2.53. The molecule has 150 valence electrons. The SMILES string of the molecule is CC(C)(C)[C@@H](O)c1nccnc1OC[C@@]12COCN1[C@@H](c1ccccc1)OC2. The van der Waals surface area contributed by atoms with Crippen molar-refractivity contribution in [1.82, 2.24) is 14.9 Å². The molecular weight excluding hydrogens is 358 g/mol. The van der Waals surface area contributed by atoms with Crippen LogP contribution in [0.2, 0.25) is 0 Å². The molecule has 0 saturated carbocycles. The van der Waals surface area contributed by atoms with Crippen LogP contribution in [0.25, 0.3) is 0 Å². The fourth-order valence-corrected chi connectivity index (χ4v) is 3.63. The normalized spacial score (nSPS) is 26.2. The van der Waals surface area contributed by atoms with Crippen LogP contribution in [0.5, 0.6) is 5.88 Å². The van der Waals surface area contributed by atoms with Gasteiger partial charge in [-0.25, -0.2) is 9.88 Å². The molecule has 0 unspecified atom stereocenters. The second-order valence-electron chi connectivity index (χ2n) is 8.55. The van der Waals surface area contributed by atoms with Gasteiger partial charge in [0.25, 0.3) is 0 Å². The molecule has 0 spiro atoms. The molecule has 3 atom stereocenters. The molecule has 7 heteroatoms. The Kier molecular flexibility index (Phi) is 5.09. The lowest BCUT2D eigenvalue weighted by Crippen LogP contribution is -2.49. The number of fused-ring (bicyclic) bond motifs is 1. The number of aliphatic hydroxyl groups is 1. The molecule has 1 N–H and O–H groups in total. The molecule has 2 aromatic rings. The molecule has 0 amide bonds. The second kappa shape index (κ2) is 7.40. The van der Waals surface area contributed by atoms with E-state index in [0.717, 1.165) is 5.56 Å². The second-order valence-corrected chi connectivity index (χ2v) is 8.55. The Labute approximate surface area is 165 Å². The van der Waals surface area contributed by atoms with Crippen molar-refractivity contribution in [2.24, 2.45) is 5.41 Å². The lowest BCUT2D eigenvalue weighted by Gasteiger charge is -2.31. The zero-order chi connectivity index (χ0) is 19.8. The van der Waals surface area contributed by atoms with Gasteiger partial charge in [-0.3, -0.25) is 4.98 Å². The number of hydrogen-bond acceptors (Lipinski definition) is 7. The van der Waals surface area contributed by atoms with Crippen LogP contribution in [-0.2, 0) is 9.47 Å². The molecule has 0 radical (unpaired) electrons. The van der Waals surface area contributed by atoms with Gasteiger partial charge in [0.15, 0.2) is 0 Å². The summed E-state index contributed by atoms with van der Waals surface area (Å²) in [5, 5.41) is 10.7. The summed E-state index contributed by atoms with van der Waals surface area (Å²) in [7, 11) is 0. The highest BCUT2D eigenvalue weighted by atomic mass is 16.6. The molecular formula is C21H27N3O4. The third-order valence-electron chi connectivity index (χ3n) is 5.34. The van der Waals surface area contributed by atoms with E-state index in [4.69, 9.17) is 14.2 Å². The number of aliphatic hydroxyl groups excluding tert-OH is 1. The third-order valence-corrected chi connectivity index (χ3v) is 5.34. The van der Waals surface area contributed by atoms with Crippen molar-refractivity contribution in [3.05, 3.63) is 54.0 Å². The van der Waals surface area contributed by atoms with E-state index in [2.05, 4.69) is 27.0 Å². The summed E-state index contributed by atoms with van der Waals surface area (Å²) in [6.45, 7) is 7.72. The van der Waals surface area contributed by atoms with Crippen molar-refractivity contribution < 1.29 is 19.3 Å². The first-order valence-electron chi connectivity index (χ1n) is 9.54. The van der Waals surface area contributed by atoms with Crippen LogP contribution in [0.4, 0.5) is 0 Å². The maximum Gasteiger partial charge on any atom is 0.238 e. The molecule has 2 aliphatic heterocycles. The average molecular weight is 385 g/mol. The molecule has 1 aromatic heterocycles. The number of nitrogens with zero attached hydrogens (tertiary/aromatic N) is 3. The lowest BCUT2D eigenvalue weighted by atomic mass is 9.87. The minimum atomic E-state index is -0.776. The van der Waals surface area contributed by atoms with Crippen LogP contribution in [0.1, 0.15) is 44.4 Å². The Morgan fingerprint density at radius 1 is 1.21 bits per heavy atom. The van der Waals surface area contributed by atoms with Gasteiger partial charge in [-0.15, -0.1) is 0 Å². The Morgan fingerprint density at radius 3 is 2.71 bits per heavy atom. The first-order chi connectivity index (χ1) is 13.4. The highest BCUT2D eigenvalue weighted by Crippen LogP contribution is 2.41. The predicted octanol–water partition coefficient (Wildman–Crippen LogP) is 2.69. The van der Waals surface area contributed by atoms with E-state index in [9.17, 15) is 5.11 Å². The number of benzene rings is 1. The van der Waals surface area contributed by atoms with E-state index in [0.29, 0.717) is 38.1 Å². The zero-order valence-corrected chi connectivity index (χ0v) is 16.5. The van der Waals surface area contributed by atoms with Crippen LogP contribution in [0.15, 0.2) is 42.7 Å². The van der Waals surface area contributed by atoms with Crippen molar-refractivity contribution in [2.75, 3.05) is 26.6 Å². The van der Waals surface area contributed by atoms with Gasteiger partial charge in [-0.1, -0.05) is 51.1 Å². The Balaban J connectivity index is 1.53. The van der Waals surface area contributed by atoms with Gasteiger partial charge >= 0.3 is 0 Å². The average Bonchev–Trinajstić information content (AvgIpc) is 3.25. The predicted molar refractivity (Wildman–Crippen MR) is 102 cm³/mol. The van der Waals surface area contributed by atoms with E-state index in [-0.39, 0.29) is 17.2 Å². The maximum atomic E-state index is 10.7. The Hall–Kier alpha value is -2.06. The molecule has 0 bridgehead atoms. The van der Waals surface area contributed by atoms with Crippen LogP contribution >= 0.6 is 0 Å². The van der Waals surface area contributed by atoms with Gasteiger partial charge in [-0.05, 0) is 11.0 Å². The number of hydrogen-bond donors (Lipinski definition) is 1. The van der Waals surface area contributed by atoms with Gasteiger partial charge in [0, 0.05) is 12.4 Å². The molecule has 2 aliphatic rings. The van der Waals surface area contributed by atoms with E-state index in [1.807, 2.05) is 39.0 Å². The Morgan fingerprint density at radius 2 is 1.96 bits per heavy atom. The topological polar surface area (TPSA) is 76.9 Å². The summed E-state index contributed by atoms with van der Waals surface area (Å²) < 4.78 is 18.0. The largest absolute Gasteiger partial charge is 0.474 e. The Bertz CT molecular complexity index is 811. The van der Waals surface area contributed by atoms with Crippen LogP contribution in [-0.4, -0.2) is 52.1 Å². The van der Waals surface area contributed by atoms with E-state index in [1.54, 1.807) is 12.4 Å². The smallest absolute Gasteiger partial charge is 0.238 e. The number of rotatable bonds is 5. The standard InChI is InChI=1S/C21H27N3O4/c1-20(2,3)17(25)16-18(23-10-9-22-16)27-12-21-11-26-14-24(21)19(28-13-21)15-7-5-4-6-8-15/h4-10,17,19,25H,11-14H2,1-3H3/t17-,19+,21+/m0/s1. The van der Waals surface area contributed by atoms with Crippen molar-refractivity contribution in [2.45, 2.75) is 38.6 Å². The molecule has 4 rings (SSSR count). The monoisotopic (exact) mass is 385 g/mol. The highest BCUT2D eigenvalue weighted by molar-refractivity contribution is 5.23. The molecule has 3 heterocycles. The van der Waals surface area contributed by atoms with Gasteiger partial charge in [0.05, 0.1) is 13.2 Å². The van der Waals surface area contributed by atoms with E-state index in [1.165, 1.54) is 0 Å². The zero-order valence-electron chi connectivity index (χ0n) is 16.5. The minimum absolute atomic E-state index is 0.159.